The Bertz CT molecular complexity index is 1490. The Labute approximate surface area is 207 Å². The molecule has 1 amide bonds. The van der Waals surface area contributed by atoms with Crippen LogP contribution in [0.15, 0.2) is 47.3 Å². The third-order valence-corrected chi connectivity index (χ3v) is 5.92. The van der Waals surface area contributed by atoms with Crippen molar-refractivity contribution in [2.75, 3.05) is 6.61 Å². The van der Waals surface area contributed by atoms with Gasteiger partial charge in [0.1, 0.15) is 11.8 Å². The predicted molar refractivity (Wildman–Crippen MR) is 134 cm³/mol. The molecule has 0 radical (unpaired) electrons. The van der Waals surface area contributed by atoms with Crippen molar-refractivity contribution in [3.63, 3.8) is 0 Å². The van der Waals surface area contributed by atoms with E-state index >= 15 is 0 Å². The zero-order chi connectivity index (χ0) is 26.0. The van der Waals surface area contributed by atoms with E-state index in [9.17, 15) is 14.4 Å². The molecule has 2 aromatic heterocycles. The number of ether oxygens (including phenoxy) is 2. The van der Waals surface area contributed by atoms with Crippen LogP contribution in [0.3, 0.4) is 0 Å². The van der Waals surface area contributed by atoms with E-state index in [0.29, 0.717) is 40.4 Å². The average Bonchev–Trinajstić information content (AvgIpc) is 3.29. The molecule has 10 heteroatoms. The Morgan fingerprint density at radius 1 is 1.08 bits per heavy atom. The highest BCUT2D eigenvalue weighted by atomic mass is 16.5. The van der Waals surface area contributed by atoms with Crippen molar-refractivity contribution in [1.82, 2.24) is 24.5 Å². The third kappa shape index (κ3) is 4.79. The first-order valence-corrected chi connectivity index (χ1v) is 11.7. The van der Waals surface area contributed by atoms with Crippen LogP contribution in [-0.2, 0) is 23.2 Å². The molecule has 4 aromatic rings. The second-order valence-electron chi connectivity index (χ2n) is 8.90. The summed E-state index contributed by atoms with van der Waals surface area (Å²) in [6, 6.07) is 11.3. The van der Waals surface area contributed by atoms with Crippen molar-refractivity contribution in [1.29, 1.82) is 0 Å². The van der Waals surface area contributed by atoms with E-state index in [1.807, 2.05) is 39.8 Å². The van der Waals surface area contributed by atoms with Crippen molar-refractivity contribution in [3.05, 3.63) is 69.8 Å². The van der Waals surface area contributed by atoms with Crippen LogP contribution in [0, 0.1) is 12.8 Å². The lowest BCUT2D eigenvalue weighted by atomic mass is 10.0. The largest absolute Gasteiger partial charge is 0.494 e. The van der Waals surface area contributed by atoms with Crippen molar-refractivity contribution in [2.24, 2.45) is 13.0 Å². The Morgan fingerprint density at radius 3 is 2.47 bits per heavy atom. The fourth-order valence-electron chi connectivity index (χ4n) is 3.97. The van der Waals surface area contributed by atoms with E-state index < -0.39 is 17.9 Å². The van der Waals surface area contributed by atoms with Gasteiger partial charge in [0.2, 0.25) is 5.78 Å². The molecule has 0 spiro atoms. The molecule has 1 atom stereocenters. The summed E-state index contributed by atoms with van der Waals surface area (Å²) in [6.45, 7) is 7.78. The number of benzene rings is 2. The standard InChI is InChI=1S/C26H29N5O5/c1-6-35-18-10-8-17(9-11-18)23(32)27-22(15(2)3)25(34)36-14-21-28-29-26-30(5)24(33)19-13-16(4)7-12-20(19)31(21)26/h7-13,15,22H,6,14H2,1-5H3,(H,27,32)/t22-/m0/s1. The molecule has 0 aliphatic carbocycles. The summed E-state index contributed by atoms with van der Waals surface area (Å²) in [4.78, 5) is 38.5. The van der Waals surface area contributed by atoms with Crippen molar-refractivity contribution in [2.45, 2.75) is 40.3 Å². The number of amides is 1. The summed E-state index contributed by atoms with van der Waals surface area (Å²) in [5, 5.41) is 11.6. The molecule has 36 heavy (non-hydrogen) atoms. The van der Waals surface area contributed by atoms with Gasteiger partial charge in [0, 0.05) is 12.6 Å². The lowest BCUT2D eigenvalue weighted by molar-refractivity contribution is -0.148. The minimum atomic E-state index is -0.869. The van der Waals surface area contributed by atoms with E-state index in [-0.39, 0.29) is 18.1 Å². The number of esters is 1. The number of hydrogen-bond acceptors (Lipinski definition) is 7. The Balaban J connectivity index is 1.54. The van der Waals surface area contributed by atoms with E-state index in [1.54, 1.807) is 41.8 Å². The molecule has 2 aromatic carbocycles. The van der Waals surface area contributed by atoms with Crippen molar-refractivity contribution >= 4 is 28.6 Å². The van der Waals surface area contributed by atoms with Gasteiger partial charge in [0.25, 0.3) is 11.5 Å². The van der Waals surface area contributed by atoms with Gasteiger partial charge in [0.05, 0.1) is 17.5 Å². The monoisotopic (exact) mass is 491 g/mol. The quantitative estimate of drug-likeness (QED) is 0.377. The molecule has 0 saturated carbocycles. The van der Waals surface area contributed by atoms with Crippen LogP contribution >= 0.6 is 0 Å². The van der Waals surface area contributed by atoms with Crippen LogP contribution in [0.4, 0.5) is 0 Å². The van der Waals surface area contributed by atoms with E-state index in [2.05, 4.69) is 15.5 Å². The van der Waals surface area contributed by atoms with E-state index in [4.69, 9.17) is 9.47 Å². The SMILES string of the molecule is CCOc1ccc(C(=O)N[C@H](C(=O)OCc2nnc3n(C)c(=O)c4cc(C)ccc4n23)C(C)C)cc1. The smallest absolute Gasteiger partial charge is 0.329 e. The van der Waals surface area contributed by atoms with E-state index in [0.717, 1.165) is 5.56 Å². The number of fused-ring (bicyclic) bond motifs is 3. The summed E-state index contributed by atoms with van der Waals surface area (Å²) < 4.78 is 14.1. The van der Waals surface area contributed by atoms with Gasteiger partial charge in [-0.25, -0.2) is 4.79 Å². The van der Waals surface area contributed by atoms with Crippen LogP contribution in [0.2, 0.25) is 0 Å². The number of carbonyl (C=O) groups excluding carboxylic acids is 2. The zero-order valence-electron chi connectivity index (χ0n) is 20.9. The maximum Gasteiger partial charge on any atom is 0.329 e. The fourth-order valence-corrected chi connectivity index (χ4v) is 3.97. The van der Waals surface area contributed by atoms with Gasteiger partial charge >= 0.3 is 5.97 Å². The number of nitrogens with one attached hydrogen (secondary N) is 1. The fraction of sp³-hybridized carbons (Fsp3) is 0.346. The summed E-state index contributed by atoms with van der Waals surface area (Å²) in [6.07, 6.45) is 0. The van der Waals surface area contributed by atoms with Gasteiger partial charge in [-0.15, -0.1) is 10.2 Å². The molecule has 0 aliphatic heterocycles. The number of hydrogen-bond donors (Lipinski definition) is 1. The minimum Gasteiger partial charge on any atom is -0.494 e. The molecule has 188 valence electrons. The van der Waals surface area contributed by atoms with Gasteiger partial charge in [-0.2, -0.15) is 0 Å². The lowest BCUT2D eigenvalue weighted by Gasteiger charge is -2.21. The second-order valence-corrected chi connectivity index (χ2v) is 8.90. The first-order valence-electron chi connectivity index (χ1n) is 11.7. The Hall–Kier alpha value is -4.21. The molecular weight excluding hydrogens is 462 g/mol. The molecule has 2 heterocycles. The topological polar surface area (TPSA) is 117 Å². The maximum absolute atomic E-state index is 13.0. The summed E-state index contributed by atoms with van der Waals surface area (Å²) in [7, 11) is 1.62. The number of carbonyl (C=O) groups is 2. The molecule has 0 aliphatic rings. The molecule has 1 N–H and O–H groups in total. The highest BCUT2D eigenvalue weighted by molar-refractivity contribution is 5.97. The minimum absolute atomic E-state index is 0.177. The van der Waals surface area contributed by atoms with Gasteiger partial charge in [-0.3, -0.25) is 18.6 Å². The Kier molecular flexibility index (Phi) is 7.05. The van der Waals surface area contributed by atoms with Gasteiger partial charge in [0.15, 0.2) is 12.4 Å². The molecule has 0 bridgehead atoms. The summed E-state index contributed by atoms with van der Waals surface area (Å²) in [5.74, 6) is 0.164. The van der Waals surface area contributed by atoms with Crippen LogP contribution in [0.25, 0.3) is 16.7 Å². The highest BCUT2D eigenvalue weighted by Gasteiger charge is 2.27. The normalized spacial score (nSPS) is 12.2. The van der Waals surface area contributed by atoms with E-state index in [1.165, 1.54) is 4.57 Å². The van der Waals surface area contributed by atoms with Crippen LogP contribution < -0.4 is 15.6 Å². The average molecular weight is 492 g/mol. The number of nitrogens with zero attached hydrogens (tertiary/aromatic N) is 4. The number of rotatable bonds is 8. The number of aromatic nitrogens is 4. The highest BCUT2D eigenvalue weighted by Crippen LogP contribution is 2.17. The van der Waals surface area contributed by atoms with Crippen molar-refractivity contribution in [3.8, 4) is 5.75 Å². The first-order chi connectivity index (χ1) is 17.2. The molecule has 0 unspecified atom stereocenters. The second kappa shape index (κ2) is 10.2. The molecule has 0 saturated heterocycles. The maximum atomic E-state index is 13.0. The van der Waals surface area contributed by atoms with Crippen LogP contribution in [0.1, 0.15) is 42.5 Å². The number of aryl methyl sites for hydroxylation is 2. The summed E-state index contributed by atoms with van der Waals surface area (Å²) in [5.41, 5.74) is 1.79. The van der Waals surface area contributed by atoms with Crippen molar-refractivity contribution < 1.29 is 19.1 Å². The molecular formula is C26H29N5O5. The van der Waals surface area contributed by atoms with Gasteiger partial charge in [-0.05, 0) is 56.2 Å². The third-order valence-electron chi connectivity index (χ3n) is 5.92. The van der Waals surface area contributed by atoms with Crippen LogP contribution in [0.5, 0.6) is 5.75 Å². The van der Waals surface area contributed by atoms with Crippen LogP contribution in [-0.4, -0.2) is 43.7 Å². The Morgan fingerprint density at radius 2 is 1.81 bits per heavy atom. The first kappa shape index (κ1) is 24.9. The zero-order valence-corrected chi connectivity index (χ0v) is 20.9. The van der Waals surface area contributed by atoms with Gasteiger partial charge < -0.3 is 14.8 Å². The molecule has 10 nitrogen and oxygen atoms in total. The predicted octanol–water partition coefficient (Wildman–Crippen LogP) is 2.79. The lowest BCUT2D eigenvalue weighted by Crippen LogP contribution is -2.45. The molecule has 4 rings (SSSR count). The summed E-state index contributed by atoms with van der Waals surface area (Å²) >= 11 is 0. The molecule has 0 fully saturated rings. The van der Waals surface area contributed by atoms with Gasteiger partial charge in [-0.1, -0.05) is 25.5 Å².